The summed E-state index contributed by atoms with van der Waals surface area (Å²) in [7, 11) is 1.58. The van der Waals surface area contributed by atoms with Crippen LogP contribution in [-0.4, -0.2) is 37.6 Å². The fraction of sp³-hybridized carbons (Fsp3) is 0.138. The van der Waals surface area contributed by atoms with Gasteiger partial charge in [0.15, 0.2) is 0 Å². The number of carboxylic acid groups (broad SMARTS) is 1. The lowest BCUT2D eigenvalue weighted by molar-refractivity contribution is -0.139. The summed E-state index contributed by atoms with van der Waals surface area (Å²) in [5.74, 6) is -5.38. The van der Waals surface area contributed by atoms with Crippen LogP contribution in [0.25, 0.3) is 33.1 Å². The molecule has 202 valence electrons. The smallest absolute Gasteiger partial charge is 0.326 e. The van der Waals surface area contributed by atoms with E-state index in [0.717, 1.165) is 18.2 Å². The van der Waals surface area contributed by atoms with Gasteiger partial charge in [-0.2, -0.15) is 0 Å². The highest BCUT2D eigenvalue weighted by Gasteiger charge is 2.26. The molecular weight excluding hydrogens is 525 g/mol. The van der Waals surface area contributed by atoms with Crippen molar-refractivity contribution in [1.82, 2.24) is 19.9 Å². The number of nitrogens with zero attached hydrogens (tertiary/aromatic N) is 3. The SMILES string of the molecule is Cc1c(-c2ccc(CC(NC(=O)c3c(F)cccc3F)C(=O)O)c3nccnc23)c(=O)n(C)c2ccc(F)cc12. The van der Waals surface area contributed by atoms with Gasteiger partial charge in [-0.05, 0) is 48.4 Å². The Labute approximate surface area is 224 Å². The molecule has 5 aromatic rings. The maximum Gasteiger partial charge on any atom is 0.326 e. The molecule has 0 bridgehead atoms. The van der Waals surface area contributed by atoms with Crippen LogP contribution < -0.4 is 10.9 Å². The summed E-state index contributed by atoms with van der Waals surface area (Å²) < 4.78 is 43.7. The Morgan fingerprint density at radius 3 is 2.35 bits per heavy atom. The Hall–Kier alpha value is -5.06. The van der Waals surface area contributed by atoms with Crippen molar-refractivity contribution in [3.8, 4) is 11.1 Å². The van der Waals surface area contributed by atoms with Gasteiger partial charge in [0.2, 0.25) is 0 Å². The first kappa shape index (κ1) is 26.5. The molecule has 40 heavy (non-hydrogen) atoms. The summed E-state index contributed by atoms with van der Waals surface area (Å²) in [6, 6.07) is 8.57. The van der Waals surface area contributed by atoms with Gasteiger partial charge in [0.1, 0.15) is 29.1 Å². The van der Waals surface area contributed by atoms with Crippen LogP contribution >= 0.6 is 0 Å². The lowest BCUT2D eigenvalue weighted by Gasteiger charge is -2.18. The maximum absolute atomic E-state index is 14.1. The van der Waals surface area contributed by atoms with Crippen molar-refractivity contribution < 1.29 is 27.9 Å². The highest BCUT2D eigenvalue weighted by atomic mass is 19.1. The summed E-state index contributed by atoms with van der Waals surface area (Å²) in [6.45, 7) is 1.70. The van der Waals surface area contributed by atoms with Crippen LogP contribution in [-0.2, 0) is 18.3 Å². The van der Waals surface area contributed by atoms with Gasteiger partial charge < -0.3 is 15.0 Å². The number of aliphatic carboxylic acids is 1. The van der Waals surface area contributed by atoms with Gasteiger partial charge in [0.05, 0.1) is 22.1 Å². The molecule has 8 nitrogen and oxygen atoms in total. The Bertz CT molecular complexity index is 1880. The average molecular weight is 547 g/mol. The van der Waals surface area contributed by atoms with Crippen molar-refractivity contribution in [2.24, 2.45) is 7.05 Å². The number of pyridine rings is 1. The number of carbonyl (C=O) groups excluding carboxylic acids is 1. The third-order valence-corrected chi connectivity index (χ3v) is 6.81. The third-order valence-electron chi connectivity index (χ3n) is 6.81. The van der Waals surface area contributed by atoms with E-state index in [2.05, 4.69) is 15.3 Å². The first-order valence-corrected chi connectivity index (χ1v) is 12.1. The summed E-state index contributed by atoms with van der Waals surface area (Å²) in [5.41, 5.74) is 1.41. The summed E-state index contributed by atoms with van der Waals surface area (Å²) in [4.78, 5) is 46.8. The van der Waals surface area contributed by atoms with E-state index >= 15 is 0 Å². The number of halogens is 3. The number of carbonyl (C=O) groups is 2. The van der Waals surface area contributed by atoms with Crippen molar-refractivity contribution in [3.05, 3.63) is 105 Å². The number of carboxylic acids is 1. The van der Waals surface area contributed by atoms with Crippen LogP contribution in [0.15, 0.2) is 65.7 Å². The zero-order chi connectivity index (χ0) is 28.7. The number of aryl methyl sites for hydroxylation is 2. The molecule has 0 spiro atoms. The largest absolute Gasteiger partial charge is 0.480 e. The fourth-order valence-electron chi connectivity index (χ4n) is 4.83. The van der Waals surface area contributed by atoms with Gasteiger partial charge >= 0.3 is 5.97 Å². The molecule has 2 N–H and O–H groups in total. The first-order valence-electron chi connectivity index (χ1n) is 12.1. The van der Waals surface area contributed by atoms with E-state index < -0.39 is 40.9 Å². The van der Waals surface area contributed by atoms with Crippen molar-refractivity contribution in [1.29, 1.82) is 0 Å². The molecule has 0 fully saturated rings. The summed E-state index contributed by atoms with van der Waals surface area (Å²) in [6.07, 6.45) is 2.50. The van der Waals surface area contributed by atoms with Crippen LogP contribution in [0, 0.1) is 24.4 Å². The Morgan fingerprint density at radius 1 is 1.00 bits per heavy atom. The predicted octanol–water partition coefficient (Wildman–Crippen LogP) is 4.30. The number of hydrogen-bond donors (Lipinski definition) is 2. The predicted molar refractivity (Wildman–Crippen MR) is 141 cm³/mol. The van der Waals surface area contributed by atoms with Gasteiger partial charge in [-0.15, -0.1) is 0 Å². The normalized spacial score (nSPS) is 12.0. The number of rotatable bonds is 6. The Kier molecular flexibility index (Phi) is 6.80. The van der Waals surface area contributed by atoms with E-state index in [9.17, 15) is 32.7 Å². The number of aromatic nitrogens is 3. The molecule has 5 rings (SSSR count). The molecule has 1 unspecified atom stereocenters. The lowest BCUT2D eigenvalue weighted by atomic mass is 9.94. The molecule has 1 amide bonds. The van der Waals surface area contributed by atoms with Crippen LogP contribution in [0.3, 0.4) is 0 Å². The van der Waals surface area contributed by atoms with E-state index in [1.807, 2.05) is 0 Å². The molecule has 2 aromatic heterocycles. The van der Waals surface area contributed by atoms with Gasteiger partial charge in [-0.25, -0.2) is 18.0 Å². The number of amides is 1. The van der Waals surface area contributed by atoms with Gasteiger partial charge in [-0.1, -0.05) is 18.2 Å². The molecule has 0 saturated carbocycles. The van der Waals surface area contributed by atoms with E-state index in [1.165, 1.54) is 35.2 Å². The van der Waals surface area contributed by atoms with E-state index in [4.69, 9.17) is 0 Å². The monoisotopic (exact) mass is 546 g/mol. The molecule has 0 aliphatic heterocycles. The van der Waals surface area contributed by atoms with Crippen molar-refractivity contribution in [2.75, 3.05) is 0 Å². The number of nitrogens with one attached hydrogen (secondary N) is 1. The quantitative estimate of drug-likeness (QED) is 0.328. The average Bonchev–Trinajstić information content (AvgIpc) is 2.92. The van der Waals surface area contributed by atoms with Crippen molar-refractivity contribution >= 4 is 33.8 Å². The van der Waals surface area contributed by atoms with Gasteiger partial charge in [0, 0.05) is 36.8 Å². The Balaban J connectivity index is 1.60. The third kappa shape index (κ3) is 4.55. The van der Waals surface area contributed by atoms with Gasteiger partial charge in [-0.3, -0.25) is 19.6 Å². The minimum atomic E-state index is -1.57. The first-order chi connectivity index (χ1) is 19.1. The second-order valence-electron chi connectivity index (χ2n) is 9.22. The van der Waals surface area contributed by atoms with Crippen LogP contribution in [0.4, 0.5) is 13.2 Å². The minimum absolute atomic E-state index is 0.262. The topological polar surface area (TPSA) is 114 Å². The minimum Gasteiger partial charge on any atom is -0.480 e. The van der Waals surface area contributed by atoms with Crippen LogP contribution in [0.1, 0.15) is 21.5 Å². The molecule has 3 aromatic carbocycles. The highest BCUT2D eigenvalue weighted by molar-refractivity contribution is 5.99. The zero-order valence-corrected chi connectivity index (χ0v) is 21.2. The second-order valence-corrected chi connectivity index (χ2v) is 9.22. The number of hydrogen-bond acceptors (Lipinski definition) is 5. The number of benzene rings is 3. The molecule has 0 aliphatic carbocycles. The molecule has 11 heteroatoms. The van der Waals surface area contributed by atoms with Gasteiger partial charge in [0.25, 0.3) is 11.5 Å². The molecule has 1 atom stereocenters. The summed E-state index contributed by atoms with van der Waals surface area (Å²) >= 11 is 0. The molecule has 0 aliphatic rings. The Morgan fingerprint density at radius 2 is 1.68 bits per heavy atom. The maximum atomic E-state index is 14.1. The molecule has 0 saturated heterocycles. The summed E-state index contributed by atoms with van der Waals surface area (Å²) in [5, 5.41) is 12.5. The molecular formula is C29H21F3N4O4. The second kappa shape index (κ2) is 10.3. The number of fused-ring (bicyclic) bond motifs is 2. The van der Waals surface area contributed by atoms with Crippen molar-refractivity contribution in [2.45, 2.75) is 19.4 Å². The zero-order valence-electron chi connectivity index (χ0n) is 21.2. The highest BCUT2D eigenvalue weighted by Crippen LogP contribution is 2.32. The lowest BCUT2D eigenvalue weighted by Crippen LogP contribution is -2.43. The molecule has 0 radical (unpaired) electrons. The van der Waals surface area contributed by atoms with Crippen LogP contribution in [0.5, 0.6) is 0 Å². The van der Waals surface area contributed by atoms with E-state index in [-0.39, 0.29) is 28.6 Å². The van der Waals surface area contributed by atoms with Crippen LogP contribution in [0.2, 0.25) is 0 Å². The van der Waals surface area contributed by atoms with Crippen molar-refractivity contribution in [3.63, 3.8) is 0 Å². The fourth-order valence-corrected chi connectivity index (χ4v) is 4.83. The van der Waals surface area contributed by atoms with E-state index in [1.54, 1.807) is 26.1 Å². The molecule has 2 heterocycles. The van der Waals surface area contributed by atoms with E-state index in [0.29, 0.717) is 27.6 Å². The standard InChI is InChI=1S/C29H21F3N4O4/c1-14-18-13-16(30)7-9-22(18)36(2)28(38)23(14)17-8-6-15(25-26(17)34-11-10-33-25)12-21(29(39)40)35-27(37)24-19(31)4-3-5-20(24)32/h3-11,13,21H,12H2,1-2H3,(H,35,37)(H,39,40).